The van der Waals surface area contributed by atoms with E-state index in [9.17, 15) is 23.4 Å². The molecule has 2 aromatic carbocycles. The van der Waals surface area contributed by atoms with Crippen LogP contribution in [0.2, 0.25) is 0 Å². The number of aliphatic carboxylic acids is 1. The van der Waals surface area contributed by atoms with Crippen molar-refractivity contribution in [1.29, 1.82) is 0 Å². The SMILES string of the molecule is CC(C)C(NS(=O)(=O)c1ccc2c(c1)sc1cc(-n3cc(CO)nn3)ccc12)C(=O)O. The lowest BCUT2D eigenvalue weighted by Gasteiger charge is -2.18. The highest BCUT2D eigenvalue weighted by atomic mass is 32.2. The summed E-state index contributed by atoms with van der Waals surface area (Å²) >= 11 is 1.43. The quantitative estimate of drug-likeness (QED) is 0.386. The van der Waals surface area contributed by atoms with Crippen LogP contribution in [0, 0.1) is 5.92 Å². The van der Waals surface area contributed by atoms with Gasteiger partial charge >= 0.3 is 5.97 Å². The zero-order valence-corrected chi connectivity index (χ0v) is 18.3. The summed E-state index contributed by atoms with van der Waals surface area (Å²) in [4.78, 5) is 11.4. The Kier molecular flexibility index (Phi) is 5.52. The molecule has 0 fully saturated rings. The fourth-order valence-electron chi connectivity index (χ4n) is 3.26. The molecule has 2 heterocycles. The van der Waals surface area contributed by atoms with Crippen LogP contribution >= 0.6 is 11.3 Å². The zero-order chi connectivity index (χ0) is 22.3. The Balaban J connectivity index is 1.73. The summed E-state index contributed by atoms with van der Waals surface area (Å²) in [5.41, 5.74) is 1.22. The van der Waals surface area contributed by atoms with Crippen LogP contribution < -0.4 is 4.72 Å². The van der Waals surface area contributed by atoms with Crippen molar-refractivity contribution in [3.8, 4) is 5.69 Å². The molecule has 4 rings (SSSR count). The van der Waals surface area contributed by atoms with Gasteiger partial charge in [-0.2, -0.15) is 4.72 Å². The molecule has 0 spiro atoms. The zero-order valence-electron chi connectivity index (χ0n) is 16.7. The number of hydrogen-bond acceptors (Lipinski definition) is 7. The number of carbonyl (C=O) groups is 1. The first-order valence-corrected chi connectivity index (χ1v) is 11.7. The smallest absolute Gasteiger partial charge is 0.322 e. The number of fused-ring (bicyclic) bond motifs is 3. The molecule has 0 bridgehead atoms. The first-order chi connectivity index (χ1) is 14.7. The number of aliphatic hydroxyl groups is 1. The Bertz CT molecular complexity index is 1390. The second-order valence-corrected chi connectivity index (χ2v) is 10.2. The molecule has 2 aromatic heterocycles. The van der Waals surface area contributed by atoms with Crippen LogP contribution in [0.5, 0.6) is 0 Å². The molecule has 3 N–H and O–H groups in total. The summed E-state index contributed by atoms with van der Waals surface area (Å²) in [6.45, 7) is 3.09. The molecule has 1 unspecified atom stereocenters. The van der Waals surface area contributed by atoms with E-state index < -0.39 is 28.0 Å². The number of aromatic nitrogens is 3. The number of aliphatic hydroxyl groups excluding tert-OH is 1. The minimum Gasteiger partial charge on any atom is -0.480 e. The summed E-state index contributed by atoms with van der Waals surface area (Å²) in [5, 5.41) is 28.2. The molecule has 0 aliphatic rings. The van der Waals surface area contributed by atoms with E-state index in [-0.39, 0.29) is 11.5 Å². The predicted molar refractivity (Wildman–Crippen MR) is 117 cm³/mol. The number of rotatable bonds is 7. The summed E-state index contributed by atoms with van der Waals surface area (Å²) in [7, 11) is -4.00. The Morgan fingerprint density at radius 3 is 2.45 bits per heavy atom. The molecule has 162 valence electrons. The van der Waals surface area contributed by atoms with Gasteiger partial charge in [0, 0.05) is 20.2 Å². The summed E-state index contributed by atoms with van der Waals surface area (Å²) in [6.07, 6.45) is 1.64. The maximum atomic E-state index is 12.8. The minimum absolute atomic E-state index is 0.0162. The van der Waals surface area contributed by atoms with Crippen molar-refractivity contribution in [3.63, 3.8) is 0 Å². The van der Waals surface area contributed by atoms with Gasteiger partial charge in [0.25, 0.3) is 0 Å². The second-order valence-electron chi connectivity index (χ2n) is 7.43. The van der Waals surface area contributed by atoms with E-state index in [1.165, 1.54) is 17.4 Å². The molecular formula is C20H20N4O5S2. The van der Waals surface area contributed by atoms with Crippen molar-refractivity contribution in [3.05, 3.63) is 48.3 Å². The Morgan fingerprint density at radius 2 is 1.84 bits per heavy atom. The lowest BCUT2D eigenvalue weighted by atomic mass is 10.1. The number of nitrogens with one attached hydrogen (secondary N) is 1. The van der Waals surface area contributed by atoms with Crippen molar-refractivity contribution >= 4 is 47.5 Å². The first-order valence-electron chi connectivity index (χ1n) is 9.43. The topological polar surface area (TPSA) is 134 Å². The van der Waals surface area contributed by atoms with E-state index in [4.69, 9.17) is 0 Å². The van der Waals surface area contributed by atoms with E-state index in [0.29, 0.717) is 5.69 Å². The van der Waals surface area contributed by atoms with Gasteiger partial charge in [0.1, 0.15) is 11.7 Å². The van der Waals surface area contributed by atoms with E-state index >= 15 is 0 Å². The number of carboxylic acids is 1. The fraction of sp³-hybridized carbons (Fsp3) is 0.250. The Labute approximate surface area is 182 Å². The van der Waals surface area contributed by atoms with Gasteiger partial charge in [0.05, 0.1) is 23.4 Å². The van der Waals surface area contributed by atoms with Crippen LogP contribution in [-0.2, 0) is 21.4 Å². The monoisotopic (exact) mass is 460 g/mol. The van der Waals surface area contributed by atoms with Crippen molar-refractivity contribution in [2.75, 3.05) is 0 Å². The third kappa shape index (κ3) is 4.04. The minimum atomic E-state index is -4.00. The third-order valence-corrected chi connectivity index (χ3v) is 7.47. The molecular weight excluding hydrogens is 440 g/mol. The van der Waals surface area contributed by atoms with Gasteiger partial charge in [0.15, 0.2) is 0 Å². The number of hydrogen-bond donors (Lipinski definition) is 3. The van der Waals surface area contributed by atoms with Gasteiger partial charge in [-0.05, 0) is 30.2 Å². The lowest BCUT2D eigenvalue weighted by molar-refractivity contribution is -0.140. The molecule has 0 saturated carbocycles. The van der Waals surface area contributed by atoms with Crippen LogP contribution in [-0.4, -0.2) is 45.6 Å². The van der Waals surface area contributed by atoms with E-state index in [2.05, 4.69) is 15.0 Å². The molecule has 0 amide bonds. The maximum absolute atomic E-state index is 12.8. The molecule has 1 atom stereocenters. The van der Waals surface area contributed by atoms with Crippen LogP contribution in [0.4, 0.5) is 0 Å². The molecule has 9 nitrogen and oxygen atoms in total. The van der Waals surface area contributed by atoms with Crippen LogP contribution in [0.1, 0.15) is 19.5 Å². The normalized spacial score (nSPS) is 13.3. The first kappa shape index (κ1) is 21.4. The molecule has 0 aliphatic heterocycles. The average Bonchev–Trinajstić information content (AvgIpc) is 3.35. The van der Waals surface area contributed by atoms with E-state index in [1.807, 2.05) is 18.2 Å². The van der Waals surface area contributed by atoms with Crippen LogP contribution in [0.25, 0.3) is 25.9 Å². The maximum Gasteiger partial charge on any atom is 0.322 e. The summed E-state index contributed by atoms with van der Waals surface area (Å²) in [5.74, 6) is -1.62. The fourth-order valence-corrected chi connectivity index (χ4v) is 5.88. The predicted octanol–water partition coefficient (Wildman–Crippen LogP) is 2.51. The van der Waals surface area contributed by atoms with Gasteiger partial charge in [-0.25, -0.2) is 13.1 Å². The van der Waals surface area contributed by atoms with Crippen molar-refractivity contribution in [2.45, 2.75) is 31.4 Å². The molecule has 4 aromatic rings. The molecule has 31 heavy (non-hydrogen) atoms. The van der Waals surface area contributed by atoms with Gasteiger partial charge in [0.2, 0.25) is 10.0 Å². The van der Waals surface area contributed by atoms with Gasteiger partial charge < -0.3 is 10.2 Å². The van der Waals surface area contributed by atoms with Crippen LogP contribution in [0.15, 0.2) is 47.5 Å². The number of nitrogens with zero attached hydrogens (tertiary/aromatic N) is 3. The number of sulfonamides is 1. The molecule has 0 saturated heterocycles. The van der Waals surface area contributed by atoms with Gasteiger partial charge in [-0.3, -0.25) is 4.79 Å². The highest BCUT2D eigenvalue weighted by molar-refractivity contribution is 7.89. The lowest BCUT2D eigenvalue weighted by Crippen LogP contribution is -2.44. The third-order valence-electron chi connectivity index (χ3n) is 4.92. The van der Waals surface area contributed by atoms with Crippen molar-refractivity contribution in [2.24, 2.45) is 5.92 Å². The number of thiophene rings is 1. The Hall–Kier alpha value is -2.86. The number of benzene rings is 2. The van der Waals surface area contributed by atoms with Gasteiger partial charge in [-0.15, -0.1) is 16.4 Å². The highest BCUT2D eigenvalue weighted by Gasteiger charge is 2.28. The number of carboxylic acid groups (broad SMARTS) is 1. The van der Waals surface area contributed by atoms with Crippen molar-refractivity contribution in [1.82, 2.24) is 19.7 Å². The molecule has 0 aliphatic carbocycles. The molecule has 11 heteroatoms. The highest BCUT2D eigenvalue weighted by Crippen LogP contribution is 2.36. The van der Waals surface area contributed by atoms with E-state index in [0.717, 1.165) is 25.9 Å². The van der Waals surface area contributed by atoms with Crippen molar-refractivity contribution < 1.29 is 23.4 Å². The summed E-state index contributed by atoms with van der Waals surface area (Å²) < 4.78 is 31.1. The van der Waals surface area contributed by atoms with Crippen LogP contribution in [0.3, 0.4) is 0 Å². The molecule has 0 radical (unpaired) electrons. The van der Waals surface area contributed by atoms with Gasteiger partial charge in [-0.1, -0.05) is 31.2 Å². The standard InChI is InChI=1S/C20H20N4O5S2/c1-11(2)19(20(26)27)22-31(28,29)14-4-6-16-15-5-3-13(7-17(15)30-18(16)8-14)24-9-12(10-25)21-23-24/h3-9,11,19,22,25H,10H2,1-2H3,(H,26,27). The van der Waals surface area contributed by atoms with E-state index in [1.54, 1.807) is 36.9 Å². The summed E-state index contributed by atoms with van der Waals surface area (Å²) in [6, 6.07) is 9.27. The second kappa shape index (κ2) is 8.00. The average molecular weight is 461 g/mol. The largest absolute Gasteiger partial charge is 0.480 e. The Morgan fingerprint density at radius 1 is 1.16 bits per heavy atom.